The molecule has 130 valence electrons. The Morgan fingerprint density at radius 2 is 2.04 bits per heavy atom. The quantitative estimate of drug-likeness (QED) is 0.487. The van der Waals surface area contributed by atoms with Gasteiger partial charge in [-0.05, 0) is 13.0 Å². The van der Waals surface area contributed by atoms with E-state index in [0.29, 0.717) is 17.9 Å². The second-order valence-corrected chi connectivity index (χ2v) is 5.57. The highest BCUT2D eigenvalue weighted by Gasteiger charge is 2.21. The van der Waals surface area contributed by atoms with E-state index in [2.05, 4.69) is 5.16 Å². The Kier molecular flexibility index (Phi) is 5.20. The summed E-state index contributed by atoms with van der Waals surface area (Å²) in [7, 11) is 0. The minimum absolute atomic E-state index is 0.0233. The maximum Gasteiger partial charge on any atom is 0.382 e. The third-order valence-corrected chi connectivity index (χ3v) is 3.69. The second-order valence-electron chi connectivity index (χ2n) is 5.16. The summed E-state index contributed by atoms with van der Waals surface area (Å²) >= 11 is 6.13. The van der Waals surface area contributed by atoms with Gasteiger partial charge in [0.05, 0.1) is 23.3 Å². The van der Waals surface area contributed by atoms with Crippen LogP contribution in [0.1, 0.15) is 23.0 Å². The Balaban J connectivity index is 1.87. The highest BCUT2D eigenvalue weighted by molar-refractivity contribution is 6.32. The number of hydrogen-bond acceptors (Lipinski definition) is 6. The van der Waals surface area contributed by atoms with Gasteiger partial charge in [0, 0.05) is 17.7 Å². The molecule has 3 rings (SSSR count). The number of nitriles is 1. The molecule has 0 fully saturated rings. The van der Waals surface area contributed by atoms with Crippen molar-refractivity contribution >= 4 is 17.6 Å². The van der Waals surface area contributed by atoms with E-state index in [9.17, 15) is 4.79 Å². The number of ether oxygens (including phenoxy) is 2. The molecule has 0 amide bonds. The first-order valence-corrected chi connectivity index (χ1v) is 8.11. The van der Waals surface area contributed by atoms with E-state index in [1.807, 2.05) is 36.4 Å². The van der Waals surface area contributed by atoms with Crippen LogP contribution >= 0.6 is 11.6 Å². The van der Waals surface area contributed by atoms with Crippen molar-refractivity contribution in [1.82, 2.24) is 5.16 Å². The van der Waals surface area contributed by atoms with Crippen LogP contribution in [0.15, 0.2) is 53.1 Å². The van der Waals surface area contributed by atoms with Gasteiger partial charge < -0.3 is 14.0 Å². The highest BCUT2D eigenvalue weighted by Crippen LogP contribution is 2.37. The molecular weight excluding hydrogens is 356 g/mol. The fraction of sp³-hybridized carbons (Fsp3) is 0.105. The summed E-state index contributed by atoms with van der Waals surface area (Å²) < 4.78 is 15.8. The predicted octanol–water partition coefficient (Wildman–Crippen LogP) is 4.48. The standard InChI is InChI=1S/C19H13ClN2O4/c1-2-24-16-9-12(11-21)8-14(20)18(16)25-19(23)17-10-15(22-26-17)13-6-4-3-5-7-13/h3-10H,2H2,1H3. The van der Waals surface area contributed by atoms with E-state index in [1.54, 1.807) is 6.92 Å². The number of hydrogen-bond donors (Lipinski definition) is 0. The van der Waals surface area contributed by atoms with Gasteiger partial charge in [0.15, 0.2) is 11.5 Å². The second kappa shape index (κ2) is 7.72. The Labute approximate surface area is 154 Å². The van der Waals surface area contributed by atoms with Gasteiger partial charge in [0.1, 0.15) is 5.69 Å². The van der Waals surface area contributed by atoms with Crippen LogP contribution in [-0.2, 0) is 0 Å². The van der Waals surface area contributed by atoms with E-state index < -0.39 is 5.97 Å². The fourth-order valence-corrected chi connectivity index (χ4v) is 2.50. The van der Waals surface area contributed by atoms with Crippen LogP contribution in [-0.4, -0.2) is 17.7 Å². The minimum Gasteiger partial charge on any atom is -0.490 e. The first-order chi connectivity index (χ1) is 12.6. The molecule has 0 aliphatic carbocycles. The molecule has 0 atom stereocenters. The average Bonchev–Trinajstić information content (AvgIpc) is 3.15. The number of esters is 1. The zero-order valence-electron chi connectivity index (χ0n) is 13.7. The van der Waals surface area contributed by atoms with Crippen molar-refractivity contribution in [2.24, 2.45) is 0 Å². The monoisotopic (exact) mass is 368 g/mol. The molecule has 3 aromatic rings. The van der Waals surface area contributed by atoms with Crippen molar-refractivity contribution in [3.05, 3.63) is 64.9 Å². The van der Waals surface area contributed by atoms with E-state index in [4.69, 9.17) is 30.9 Å². The fourth-order valence-electron chi connectivity index (χ4n) is 2.25. The molecule has 1 heterocycles. The van der Waals surface area contributed by atoms with Gasteiger partial charge in [-0.3, -0.25) is 0 Å². The molecule has 0 saturated heterocycles. The summed E-state index contributed by atoms with van der Waals surface area (Å²) in [6.07, 6.45) is 0. The number of rotatable bonds is 5. The molecule has 0 N–H and O–H groups in total. The largest absolute Gasteiger partial charge is 0.490 e. The van der Waals surface area contributed by atoms with Gasteiger partial charge in [0.25, 0.3) is 0 Å². The Morgan fingerprint density at radius 3 is 2.73 bits per heavy atom. The lowest BCUT2D eigenvalue weighted by atomic mass is 10.1. The van der Waals surface area contributed by atoms with Crippen LogP contribution in [0.25, 0.3) is 11.3 Å². The zero-order chi connectivity index (χ0) is 18.5. The van der Waals surface area contributed by atoms with E-state index in [-0.39, 0.29) is 22.3 Å². The first kappa shape index (κ1) is 17.5. The average molecular weight is 369 g/mol. The Morgan fingerprint density at radius 1 is 1.27 bits per heavy atom. The third kappa shape index (κ3) is 3.68. The summed E-state index contributed by atoms with van der Waals surface area (Å²) in [6, 6.07) is 15.6. The maximum absolute atomic E-state index is 12.4. The van der Waals surface area contributed by atoms with Crippen LogP contribution in [0.5, 0.6) is 11.5 Å². The highest BCUT2D eigenvalue weighted by atomic mass is 35.5. The number of aromatic nitrogens is 1. The molecule has 26 heavy (non-hydrogen) atoms. The normalized spacial score (nSPS) is 10.2. The summed E-state index contributed by atoms with van der Waals surface area (Å²) in [5.41, 5.74) is 1.61. The van der Waals surface area contributed by atoms with Crippen LogP contribution in [0.3, 0.4) is 0 Å². The molecule has 0 spiro atoms. The smallest absolute Gasteiger partial charge is 0.382 e. The molecule has 0 radical (unpaired) electrons. The minimum atomic E-state index is -0.771. The number of halogens is 1. The van der Waals surface area contributed by atoms with Gasteiger partial charge in [-0.2, -0.15) is 5.26 Å². The molecular formula is C19H13ClN2O4. The van der Waals surface area contributed by atoms with Crippen molar-refractivity contribution in [3.8, 4) is 28.8 Å². The Hall–Kier alpha value is -3.30. The summed E-state index contributed by atoms with van der Waals surface area (Å²) in [5, 5.41) is 13.0. The van der Waals surface area contributed by atoms with Crippen LogP contribution < -0.4 is 9.47 Å². The molecule has 0 aliphatic heterocycles. The number of carbonyl (C=O) groups is 1. The lowest BCUT2D eigenvalue weighted by Gasteiger charge is -2.11. The number of carbonyl (C=O) groups excluding carboxylic acids is 1. The third-order valence-electron chi connectivity index (χ3n) is 3.41. The SMILES string of the molecule is CCOc1cc(C#N)cc(Cl)c1OC(=O)c1cc(-c2ccccc2)no1. The van der Waals surface area contributed by atoms with Gasteiger partial charge in [0.2, 0.25) is 5.76 Å². The van der Waals surface area contributed by atoms with Crippen LogP contribution in [0.4, 0.5) is 0 Å². The number of benzene rings is 2. The van der Waals surface area contributed by atoms with Crippen LogP contribution in [0, 0.1) is 11.3 Å². The van der Waals surface area contributed by atoms with Gasteiger partial charge in [-0.15, -0.1) is 0 Å². The lowest BCUT2D eigenvalue weighted by Crippen LogP contribution is -2.09. The van der Waals surface area contributed by atoms with E-state index in [0.717, 1.165) is 5.56 Å². The van der Waals surface area contributed by atoms with Gasteiger partial charge in [-0.1, -0.05) is 47.1 Å². The molecule has 6 nitrogen and oxygen atoms in total. The topological polar surface area (TPSA) is 85.4 Å². The summed E-state index contributed by atoms with van der Waals surface area (Å²) in [5.74, 6) is -0.623. The molecule has 0 aliphatic rings. The van der Waals surface area contributed by atoms with Gasteiger partial charge >= 0.3 is 5.97 Å². The van der Waals surface area contributed by atoms with Crippen LogP contribution in [0.2, 0.25) is 5.02 Å². The number of nitrogens with zero attached hydrogens (tertiary/aromatic N) is 2. The van der Waals surface area contributed by atoms with E-state index >= 15 is 0 Å². The molecule has 0 bridgehead atoms. The lowest BCUT2D eigenvalue weighted by molar-refractivity contribution is 0.0685. The first-order valence-electron chi connectivity index (χ1n) is 7.73. The van der Waals surface area contributed by atoms with Crippen molar-refractivity contribution in [2.45, 2.75) is 6.92 Å². The summed E-state index contributed by atoms with van der Waals surface area (Å²) in [4.78, 5) is 12.4. The molecule has 0 unspecified atom stereocenters. The molecule has 1 aromatic heterocycles. The maximum atomic E-state index is 12.4. The van der Waals surface area contributed by atoms with Gasteiger partial charge in [-0.25, -0.2) is 4.79 Å². The van der Waals surface area contributed by atoms with E-state index in [1.165, 1.54) is 18.2 Å². The predicted molar refractivity (Wildman–Crippen MR) is 94.2 cm³/mol. The molecule has 7 heteroatoms. The van der Waals surface area contributed by atoms with Crippen molar-refractivity contribution in [1.29, 1.82) is 5.26 Å². The van der Waals surface area contributed by atoms with Crippen molar-refractivity contribution in [2.75, 3.05) is 6.61 Å². The zero-order valence-corrected chi connectivity index (χ0v) is 14.5. The van der Waals surface area contributed by atoms with Crippen molar-refractivity contribution in [3.63, 3.8) is 0 Å². The summed E-state index contributed by atoms with van der Waals surface area (Å²) in [6.45, 7) is 2.08. The molecule has 0 saturated carbocycles. The Bertz CT molecular complexity index is 977. The molecule has 2 aromatic carbocycles. The van der Waals surface area contributed by atoms with Crippen molar-refractivity contribution < 1.29 is 18.8 Å².